The van der Waals surface area contributed by atoms with Gasteiger partial charge in [0.2, 0.25) is 5.76 Å². The van der Waals surface area contributed by atoms with Gasteiger partial charge in [-0.3, -0.25) is 15.1 Å². The minimum Gasteiger partial charge on any atom is -0.421 e. The standard InChI is InChI=1S/C20H16N2O5/c1-13-3-8-17(14(2)11-13)21-12-15-4-6-16(7-5-15)26-20(23)18-9-10-19(27-18)22(24)25/h3-12H,1-2H3. The maximum atomic E-state index is 11.9. The van der Waals surface area contributed by atoms with E-state index in [1.54, 1.807) is 30.5 Å². The summed E-state index contributed by atoms with van der Waals surface area (Å²) >= 11 is 0. The lowest BCUT2D eigenvalue weighted by Crippen LogP contribution is -2.07. The van der Waals surface area contributed by atoms with Crippen molar-refractivity contribution in [2.75, 3.05) is 0 Å². The van der Waals surface area contributed by atoms with Gasteiger partial charge in [0.15, 0.2) is 0 Å². The lowest BCUT2D eigenvalue weighted by Gasteiger charge is -2.03. The van der Waals surface area contributed by atoms with Crippen molar-refractivity contribution in [2.24, 2.45) is 4.99 Å². The smallest absolute Gasteiger partial charge is 0.421 e. The van der Waals surface area contributed by atoms with E-state index >= 15 is 0 Å². The molecular weight excluding hydrogens is 348 g/mol. The van der Waals surface area contributed by atoms with Gasteiger partial charge in [-0.25, -0.2) is 4.79 Å². The van der Waals surface area contributed by atoms with Gasteiger partial charge in [0.05, 0.1) is 11.8 Å². The molecule has 0 atom stereocenters. The fourth-order valence-electron chi connectivity index (χ4n) is 2.41. The number of aliphatic imine (C=N–C) groups is 1. The molecule has 3 rings (SSSR count). The van der Waals surface area contributed by atoms with Crippen molar-refractivity contribution in [1.29, 1.82) is 0 Å². The van der Waals surface area contributed by atoms with Crippen molar-refractivity contribution in [1.82, 2.24) is 0 Å². The van der Waals surface area contributed by atoms with E-state index in [0.29, 0.717) is 5.75 Å². The van der Waals surface area contributed by atoms with Gasteiger partial charge >= 0.3 is 11.9 Å². The number of nitrogens with zero attached hydrogens (tertiary/aromatic N) is 2. The molecule has 7 nitrogen and oxygen atoms in total. The van der Waals surface area contributed by atoms with Gasteiger partial charge < -0.3 is 9.15 Å². The summed E-state index contributed by atoms with van der Waals surface area (Å²) in [4.78, 5) is 26.3. The molecule has 0 bridgehead atoms. The Morgan fingerprint density at radius 2 is 1.85 bits per heavy atom. The van der Waals surface area contributed by atoms with Gasteiger partial charge in [0.1, 0.15) is 10.7 Å². The Kier molecular flexibility index (Phi) is 5.12. The number of esters is 1. The molecule has 0 aliphatic carbocycles. The molecule has 1 aromatic heterocycles. The van der Waals surface area contributed by atoms with E-state index in [0.717, 1.165) is 22.9 Å². The van der Waals surface area contributed by atoms with Gasteiger partial charge in [-0.1, -0.05) is 17.7 Å². The Morgan fingerprint density at radius 3 is 2.48 bits per heavy atom. The minimum atomic E-state index is -0.806. The Hall–Kier alpha value is -3.74. The molecule has 0 unspecified atom stereocenters. The molecule has 2 aromatic carbocycles. The van der Waals surface area contributed by atoms with Gasteiger partial charge in [-0.05, 0) is 61.4 Å². The SMILES string of the molecule is Cc1ccc(N=Cc2ccc(OC(=O)c3ccc([N+](=O)[O-])o3)cc2)c(C)c1. The second kappa shape index (κ2) is 7.65. The number of ether oxygens (including phenoxy) is 1. The van der Waals surface area contributed by atoms with Crippen molar-refractivity contribution in [3.05, 3.63) is 87.2 Å². The van der Waals surface area contributed by atoms with Crippen molar-refractivity contribution in [3.8, 4) is 5.75 Å². The Morgan fingerprint density at radius 1 is 1.11 bits per heavy atom. The van der Waals surface area contributed by atoms with Crippen molar-refractivity contribution < 1.29 is 18.9 Å². The highest BCUT2D eigenvalue weighted by Crippen LogP contribution is 2.21. The monoisotopic (exact) mass is 364 g/mol. The van der Waals surface area contributed by atoms with Gasteiger partial charge in [0.25, 0.3) is 0 Å². The van der Waals surface area contributed by atoms with Gasteiger partial charge in [-0.2, -0.15) is 0 Å². The molecule has 27 heavy (non-hydrogen) atoms. The third-order valence-electron chi connectivity index (χ3n) is 3.77. The first-order valence-electron chi connectivity index (χ1n) is 8.10. The predicted octanol–water partition coefficient (Wildman–Crippen LogP) is 4.77. The Labute approximate surface area is 155 Å². The molecule has 0 saturated carbocycles. The number of carbonyl (C=O) groups excluding carboxylic acids is 1. The second-order valence-electron chi connectivity index (χ2n) is 5.90. The van der Waals surface area contributed by atoms with Crippen LogP contribution in [0.5, 0.6) is 5.75 Å². The van der Waals surface area contributed by atoms with E-state index in [9.17, 15) is 14.9 Å². The van der Waals surface area contributed by atoms with Crippen LogP contribution in [0.25, 0.3) is 0 Å². The zero-order valence-corrected chi connectivity index (χ0v) is 14.7. The highest BCUT2D eigenvalue weighted by atomic mass is 16.7. The number of benzene rings is 2. The highest BCUT2D eigenvalue weighted by molar-refractivity contribution is 5.88. The topological polar surface area (TPSA) is 94.9 Å². The van der Waals surface area contributed by atoms with Crippen LogP contribution in [0.3, 0.4) is 0 Å². The Bertz CT molecular complexity index is 1020. The molecule has 136 valence electrons. The van der Waals surface area contributed by atoms with Crippen LogP contribution in [0.15, 0.2) is 64.0 Å². The fourth-order valence-corrected chi connectivity index (χ4v) is 2.41. The number of hydrogen-bond acceptors (Lipinski definition) is 6. The lowest BCUT2D eigenvalue weighted by atomic mass is 10.1. The average Bonchev–Trinajstić information content (AvgIpc) is 3.13. The first-order chi connectivity index (χ1) is 12.9. The summed E-state index contributed by atoms with van der Waals surface area (Å²) < 4.78 is 9.96. The molecular formula is C20H16N2O5. The average molecular weight is 364 g/mol. The summed E-state index contributed by atoms with van der Waals surface area (Å²) in [6.45, 7) is 4.03. The fraction of sp³-hybridized carbons (Fsp3) is 0.100. The molecule has 0 N–H and O–H groups in total. The lowest BCUT2D eigenvalue weighted by molar-refractivity contribution is -0.402. The highest BCUT2D eigenvalue weighted by Gasteiger charge is 2.18. The first-order valence-corrected chi connectivity index (χ1v) is 8.10. The summed E-state index contributed by atoms with van der Waals surface area (Å²) in [6.07, 6.45) is 1.72. The number of rotatable bonds is 5. The molecule has 0 radical (unpaired) electrons. The minimum absolute atomic E-state index is 0.234. The largest absolute Gasteiger partial charge is 0.433 e. The maximum absolute atomic E-state index is 11.9. The van der Waals surface area contributed by atoms with Crippen LogP contribution in [0.2, 0.25) is 0 Å². The van der Waals surface area contributed by atoms with E-state index in [1.807, 2.05) is 26.0 Å². The molecule has 0 aliphatic heterocycles. The van der Waals surface area contributed by atoms with Crippen LogP contribution >= 0.6 is 0 Å². The molecule has 0 amide bonds. The van der Waals surface area contributed by atoms with Gasteiger partial charge in [0, 0.05) is 6.21 Å². The van der Waals surface area contributed by atoms with Crippen molar-refractivity contribution >= 4 is 23.8 Å². The normalized spacial score (nSPS) is 10.9. The quantitative estimate of drug-likeness (QED) is 0.214. The summed E-state index contributed by atoms with van der Waals surface area (Å²) in [7, 11) is 0. The number of hydrogen-bond donors (Lipinski definition) is 0. The Balaban J connectivity index is 1.66. The summed E-state index contributed by atoms with van der Waals surface area (Å²) in [5, 5.41) is 10.6. The maximum Gasteiger partial charge on any atom is 0.433 e. The summed E-state index contributed by atoms with van der Waals surface area (Å²) in [5.74, 6) is -1.26. The van der Waals surface area contributed by atoms with Crippen LogP contribution in [-0.2, 0) is 0 Å². The zero-order chi connectivity index (χ0) is 19.4. The predicted molar refractivity (Wildman–Crippen MR) is 99.9 cm³/mol. The molecule has 0 saturated heterocycles. The second-order valence-corrected chi connectivity index (χ2v) is 5.90. The van der Waals surface area contributed by atoms with Crippen molar-refractivity contribution in [2.45, 2.75) is 13.8 Å². The van der Waals surface area contributed by atoms with E-state index in [-0.39, 0.29) is 5.76 Å². The van der Waals surface area contributed by atoms with Crippen LogP contribution in [0, 0.1) is 24.0 Å². The van der Waals surface area contributed by atoms with Crippen LogP contribution in [0.1, 0.15) is 27.2 Å². The number of carbonyl (C=O) groups is 1. The van der Waals surface area contributed by atoms with Crippen molar-refractivity contribution in [3.63, 3.8) is 0 Å². The number of nitro groups is 1. The summed E-state index contributed by atoms with van der Waals surface area (Å²) in [6, 6.07) is 15.0. The third-order valence-corrected chi connectivity index (χ3v) is 3.77. The van der Waals surface area contributed by atoms with E-state index < -0.39 is 16.8 Å². The molecule has 0 spiro atoms. The molecule has 0 fully saturated rings. The van der Waals surface area contributed by atoms with Crippen LogP contribution in [0.4, 0.5) is 11.6 Å². The molecule has 3 aromatic rings. The van der Waals surface area contributed by atoms with Crippen LogP contribution < -0.4 is 4.74 Å². The third kappa shape index (κ3) is 4.46. The number of furan rings is 1. The molecule has 7 heteroatoms. The molecule has 0 aliphatic rings. The van der Waals surface area contributed by atoms with E-state index in [2.05, 4.69) is 11.1 Å². The van der Waals surface area contributed by atoms with Gasteiger partial charge in [-0.15, -0.1) is 0 Å². The zero-order valence-electron chi connectivity index (χ0n) is 14.7. The number of aryl methyl sites for hydroxylation is 2. The first kappa shape index (κ1) is 18.1. The van der Waals surface area contributed by atoms with Crippen LogP contribution in [-0.4, -0.2) is 17.1 Å². The summed E-state index contributed by atoms with van der Waals surface area (Å²) in [5.41, 5.74) is 3.99. The van der Waals surface area contributed by atoms with E-state index in [4.69, 9.17) is 9.15 Å². The van der Waals surface area contributed by atoms with E-state index in [1.165, 1.54) is 11.6 Å². The molecule has 1 heterocycles.